The van der Waals surface area contributed by atoms with Crippen LogP contribution in [0.3, 0.4) is 0 Å². The zero-order chi connectivity index (χ0) is 25.8. The number of sulfonamides is 1. The third kappa shape index (κ3) is 5.61. The van der Waals surface area contributed by atoms with Gasteiger partial charge in [0.15, 0.2) is 5.78 Å². The van der Waals surface area contributed by atoms with Crippen molar-refractivity contribution in [3.63, 3.8) is 0 Å². The van der Waals surface area contributed by atoms with E-state index in [1.54, 1.807) is 70.6 Å². The van der Waals surface area contributed by atoms with E-state index in [1.165, 1.54) is 6.08 Å². The van der Waals surface area contributed by atoms with Crippen LogP contribution >= 0.6 is 11.3 Å². The SMILES string of the molecule is Cc1ccc(S(=O)(=O)Nc2ccc(C(=O)C=Cc3cn(-c4ccccc4)nc3-c3cccs3)cc2)cc1. The van der Waals surface area contributed by atoms with Gasteiger partial charge in [-0.05, 0) is 79.1 Å². The molecule has 0 unspecified atom stereocenters. The van der Waals surface area contributed by atoms with Crippen molar-refractivity contribution >= 4 is 38.9 Å². The quantitative estimate of drug-likeness (QED) is 0.183. The van der Waals surface area contributed by atoms with Gasteiger partial charge < -0.3 is 0 Å². The van der Waals surface area contributed by atoms with Gasteiger partial charge in [-0.3, -0.25) is 9.52 Å². The van der Waals surface area contributed by atoms with Gasteiger partial charge in [-0.15, -0.1) is 11.3 Å². The van der Waals surface area contributed by atoms with E-state index in [1.807, 2.05) is 61.0 Å². The second-order valence-corrected chi connectivity index (χ2v) is 11.0. The van der Waals surface area contributed by atoms with Gasteiger partial charge in [-0.25, -0.2) is 13.1 Å². The smallest absolute Gasteiger partial charge is 0.261 e. The molecule has 0 aliphatic rings. The van der Waals surface area contributed by atoms with Crippen molar-refractivity contribution in [3.05, 3.63) is 125 Å². The summed E-state index contributed by atoms with van der Waals surface area (Å²) in [5, 5.41) is 6.74. The van der Waals surface area contributed by atoms with Gasteiger partial charge >= 0.3 is 0 Å². The Hall–Kier alpha value is -4.27. The normalized spacial score (nSPS) is 11.6. The van der Waals surface area contributed by atoms with Gasteiger partial charge in [-0.1, -0.05) is 42.0 Å². The van der Waals surface area contributed by atoms with Crippen molar-refractivity contribution in [1.82, 2.24) is 9.78 Å². The minimum atomic E-state index is -3.71. The fourth-order valence-electron chi connectivity index (χ4n) is 3.72. The molecule has 0 aliphatic heterocycles. The first-order valence-electron chi connectivity index (χ1n) is 11.5. The van der Waals surface area contributed by atoms with Crippen molar-refractivity contribution in [1.29, 1.82) is 0 Å². The van der Waals surface area contributed by atoms with Gasteiger partial charge in [0, 0.05) is 23.0 Å². The lowest BCUT2D eigenvalue weighted by Gasteiger charge is -2.08. The molecule has 0 fully saturated rings. The summed E-state index contributed by atoms with van der Waals surface area (Å²) >= 11 is 1.58. The van der Waals surface area contributed by atoms with Crippen LogP contribution < -0.4 is 4.72 Å². The topological polar surface area (TPSA) is 81.1 Å². The van der Waals surface area contributed by atoms with Crippen molar-refractivity contribution in [2.24, 2.45) is 0 Å². The molecule has 0 saturated carbocycles. The monoisotopic (exact) mass is 525 g/mol. The highest BCUT2D eigenvalue weighted by atomic mass is 32.2. The van der Waals surface area contributed by atoms with Crippen LogP contribution in [0.5, 0.6) is 0 Å². The first-order valence-corrected chi connectivity index (χ1v) is 13.9. The van der Waals surface area contributed by atoms with Crippen molar-refractivity contribution in [2.45, 2.75) is 11.8 Å². The summed E-state index contributed by atoms with van der Waals surface area (Å²) in [7, 11) is -3.71. The molecule has 6 nitrogen and oxygen atoms in total. The number of ketones is 1. The molecule has 5 aromatic rings. The van der Waals surface area contributed by atoms with E-state index in [4.69, 9.17) is 5.10 Å². The van der Waals surface area contributed by atoms with Crippen LogP contribution in [0.15, 0.2) is 114 Å². The molecule has 5 rings (SSSR count). The maximum atomic E-state index is 12.9. The number of nitrogens with zero attached hydrogens (tertiary/aromatic N) is 2. The predicted octanol–water partition coefficient (Wildman–Crippen LogP) is 6.61. The maximum absolute atomic E-state index is 12.9. The second kappa shape index (κ2) is 10.4. The summed E-state index contributed by atoms with van der Waals surface area (Å²) < 4.78 is 29.6. The van der Waals surface area contributed by atoms with Crippen LogP contribution in [-0.2, 0) is 10.0 Å². The summed E-state index contributed by atoms with van der Waals surface area (Å²) in [6, 6.07) is 26.7. The standard InChI is InChI=1S/C29H23N3O3S2/c1-21-9-16-26(17-10-21)37(34,35)31-24-14-11-22(12-15-24)27(33)18-13-23-20-32(25-6-3-2-4-7-25)30-29(23)28-8-5-19-36-28/h2-20,31H,1H3. The Morgan fingerprint density at radius 3 is 2.32 bits per heavy atom. The van der Waals surface area contributed by atoms with E-state index in [9.17, 15) is 13.2 Å². The molecule has 184 valence electrons. The number of aromatic nitrogens is 2. The molecule has 0 aliphatic carbocycles. The molecular weight excluding hydrogens is 502 g/mol. The first kappa shape index (κ1) is 24.4. The molecular formula is C29H23N3O3S2. The van der Waals surface area contributed by atoms with E-state index in [0.717, 1.165) is 27.4 Å². The number of para-hydroxylation sites is 1. The highest BCUT2D eigenvalue weighted by Crippen LogP contribution is 2.29. The van der Waals surface area contributed by atoms with E-state index >= 15 is 0 Å². The van der Waals surface area contributed by atoms with E-state index in [0.29, 0.717) is 11.3 Å². The lowest BCUT2D eigenvalue weighted by atomic mass is 10.1. The molecule has 0 radical (unpaired) electrons. The number of anilines is 1. The average molecular weight is 526 g/mol. The minimum Gasteiger partial charge on any atom is -0.289 e. The number of allylic oxidation sites excluding steroid dienone is 1. The fraction of sp³-hybridized carbons (Fsp3) is 0.0345. The fourth-order valence-corrected chi connectivity index (χ4v) is 5.51. The van der Waals surface area contributed by atoms with Crippen LogP contribution in [0.2, 0.25) is 0 Å². The number of rotatable bonds is 8. The molecule has 37 heavy (non-hydrogen) atoms. The summed E-state index contributed by atoms with van der Waals surface area (Å²) in [5.41, 5.74) is 4.35. The van der Waals surface area contributed by atoms with E-state index < -0.39 is 10.0 Å². The minimum absolute atomic E-state index is 0.179. The lowest BCUT2D eigenvalue weighted by molar-refractivity contribution is 0.104. The highest BCUT2D eigenvalue weighted by Gasteiger charge is 2.15. The first-order chi connectivity index (χ1) is 17.9. The molecule has 0 atom stereocenters. The van der Waals surface area contributed by atoms with E-state index in [-0.39, 0.29) is 10.7 Å². The van der Waals surface area contributed by atoms with Crippen LogP contribution in [0.1, 0.15) is 21.5 Å². The van der Waals surface area contributed by atoms with Gasteiger partial charge in [0.05, 0.1) is 15.5 Å². The van der Waals surface area contributed by atoms with Crippen molar-refractivity contribution < 1.29 is 13.2 Å². The van der Waals surface area contributed by atoms with Gasteiger partial charge in [0.2, 0.25) is 0 Å². The molecule has 2 aromatic heterocycles. The van der Waals surface area contributed by atoms with Crippen LogP contribution in [0.25, 0.3) is 22.3 Å². The molecule has 0 spiro atoms. The summed E-state index contributed by atoms with van der Waals surface area (Å²) in [4.78, 5) is 14.1. The van der Waals surface area contributed by atoms with Crippen molar-refractivity contribution in [2.75, 3.05) is 4.72 Å². The number of thiophene rings is 1. The maximum Gasteiger partial charge on any atom is 0.261 e. The number of benzene rings is 3. The van der Waals surface area contributed by atoms with Crippen LogP contribution in [0, 0.1) is 6.92 Å². The molecule has 0 saturated heterocycles. The number of hydrogen-bond donors (Lipinski definition) is 1. The third-order valence-corrected chi connectivity index (χ3v) is 7.96. The Bertz CT molecular complexity index is 1650. The number of carbonyl (C=O) groups is 1. The number of hydrogen-bond acceptors (Lipinski definition) is 5. The highest BCUT2D eigenvalue weighted by molar-refractivity contribution is 7.92. The zero-order valence-corrected chi connectivity index (χ0v) is 21.5. The number of aryl methyl sites for hydroxylation is 1. The van der Waals surface area contributed by atoms with E-state index in [2.05, 4.69) is 4.72 Å². The predicted molar refractivity (Wildman–Crippen MR) is 149 cm³/mol. The Labute approximate surface area is 219 Å². The molecule has 0 amide bonds. The lowest BCUT2D eigenvalue weighted by Crippen LogP contribution is -2.13. The van der Waals surface area contributed by atoms with Gasteiger partial charge in [-0.2, -0.15) is 5.10 Å². The Morgan fingerprint density at radius 1 is 0.919 bits per heavy atom. The molecule has 3 aromatic carbocycles. The average Bonchev–Trinajstić information content (AvgIpc) is 3.58. The largest absolute Gasteiger partial charge is 0.289 e. The van der Waals surface area contributed by atoms with Crippen LogP contribution in [-0.4, -0.2) is 24.0 Å². The molecule has 0 bridgehead atoms. The van der Waals surface area contributed by atoms with Gasteiger partial charge in [0.1, 0.15) is 5.69 Å². The second-order valence-electron chi connectivity index (χ2n) is 8.38. The third-order valence-electron chi connectivity index (χ3n) is 5.69. The van der Waals surface area contributed by atoms with Crippen molar-refractivity contribution in [3.8, 4) is 16.3 Å². The number of carbonyl (C=O) groups excluding carboxylic acids is 1. The molecule has 1 N–H and O–H groups in total. The zero-order valence-electron chi connectivity index (χ0n) is 19.9. The molecule has 2 heterocycles. The van der Waals surface area contributed by atoms with Gasteiger partial charge in [0.25, 0.3) is 10.0 Å². The summed E-state index contributed by atoms with van der Waals surface area (Å²) in [6.45, 7) is 1.90. The summed E-state index contributed by atoms with van der Waals surface area (Å²) in [6.07, 6.45) is 5.17. The Balaban J connectivity index is 1.34. The Kier molecular flexibility index (Phi) is 6.85. The Morgan fingerprint density at radius 2 is 1.65 bits per heavy atom. The molecule has 8 heteroatoms. The summed E-state index contributed by atoms with van der Waals surface area (Å²) in [5.74, 6) is -0.197. The van der Waals surface area contributed by atoms with Crippen LogP contribution in [0.4, 0.5) is 5.69 Å². The number of nitrogens with one attached hydrogen (secondary N) is 1.